The average molecular weight is 380 g/mol. The van der Waals surface area contributed by atoms with E-state index in [9.17, 15) is 9.59 Å². The SMILES string of the molecule is CC(CC(=O)NCC(=O)N1CCCc2ccccc21)C1CCNCC1.Cl. The smallest absolute Gasteiger partial charge is 0.246 e. The average Bonchev–Trinajstić information content (AvgIpc) is 2.66. The highest BCUT2D eigenvalue weighted by Crippen LogP contribution is 2.27. The largest absolute Gasteiger partial charge is 0.347 e. The highest BCUT2D eigenvalue weighted by Gasteiger charge is 2.24. The van der Waals surface area contributed by atoms with E-state index >= 15 is 0 Å². The third-order valence-electron chi connectivity index (χ3n) is 5.54. The summed E-state index contributed by atoms with van der Waals surface area (Å²) in [5.74, 6) is 0.948. The molecule has 0 saturated carbocycles. The summed E-state index contributed by atoms with van der Waals surface area (Å²) < 4.78 is 0. The Hall–Kier alpha value is -1.59. The minimum absolute atomic E-state index is 0. The van der Waals surface area contributed by atoms with Gasteiger partial charge in [0.1, 0.15) is 0 Å². The zero-order valence-electron chi connectivity index (χ0n) is 15.5. The molecule has 0 aromatic heterocycles. The first-order chi connectivity index (χ1) is 12.1. The van der Waals surface area contributed by atoms with Gasteiger partial charge in [-0.3, -0.25) is 9.59 Å². The van der Waals surface area contributed by atoms with Gasteiger partial charge in [-0.1, -0.05) is 25.1 Å². The number of carbonyl (C=O) groups excluding carboxylic acids is 2. The van der Waals surface area contributed by atoms with E-state index in [0.717, 1.165) is 51.0 Å². The molecule has 2 aliphatic rings. The summed E-state index contributed by atoms with van der Waals surface area (Å²) in [7, 11) is 0. The molecule has 3 rings (SSSR count). The van der Waals surface area contributed by atoms with Gasteiger partial charge < -0.3 is 15.5 Å². The van der Waals surface area contributed by atoms with Gasteiger partial charge in [-0.25, -0.2) is 0 Å². The first-order valence-electron chi connectivity index (χ1n) is 9.51. The fraction of sp³-hybridized carbons (Fsp3) is 0.600. The van der Waals surface area contributed by atoms with Crippen molar-refractivity contribution < 1.29 is 9.59 Å². The fourth-order valence-electron chi connectivity index (χ4n) is 4.01. The van der Waals surface area contributed by atoms with Gasteiger partial charge in [0.25, 0.3) is 0 Å². The summed E-state index contributed by atoms with van der Waals surface area (Å²) in [6.07, 6.45) is 4.77. The van der Waals surface area contributed by atoms with E-state index in [4.69, 9.17) is 0 Å². The lowest BCUT2D eigenvalue weighted by Gasteiger charge is -2.30. The standard InChI is InChI=1S/C20H29N3O2.ClH/c1-15(16-8-10-21-11-9-16)13-19(24)22-14-20(25)23-12-4-6-17-5-2-3-7-18(17)23;/h2-3,5,7,15-16,21H,4,6,8-14H2,1H3,(H,22,24);1H. The van der Waals surface area contributed by atoms with Crippen molar-refractivity contribution in [3.63, 3.8) is 0 Å². The van der Waals surface area contributed by atoms with Crippen molar-refractivity contribution in [2.45, 2.75) is 39.0 Å². The molecule has 1 unspecified atom stereocenters. The number of halogens is 1. The van der Waals surface area contributed by atoms with Gasteiger partial charge in [-0.05, 0) is 62.2 Å². The predicted octanol–water partition coefficient (Wildman–Crippen LogP) is 2.53. The molecule has 2 N–H and O–H groups in total. The van der Waals surface area contributed by atoms with E-state index in [2.05, 4.69) is 23.6 Å². The molecule has 26 heavy (non-hydrogen) atoms. The van der Waals surface area contributed by atoms with Gasteiger partial charge in [0.05, 0.1) is 6.54 Å². The summed E-state index contributed by atoms with van der Waals surface area (Å²) in [4.78, 5) is 26.6. The molecule has 144 valence electrons. The van der Waals surface area contributed by atoms with Crippen LogP contribution in [0.5, 0.6) is 0 Å². The number of fused-ring (bicyclic) bond motifs is 1. The molecule has 1 saturated heterocycles. The van der Waals surface area contributed by atoms with Crippen LogP contribution in [0, 0.1) is 11.8 Å². The minimum atomic E-state index is -0.0185. The maximum atomic E-state index is 12.6. The van der Waals surface area contributed by atoms with E-state index in [1.54, 1.807) is 0 Å². The fourth-order valence-corrected chi connectivity index (χ4v) is 4.01. The number of anilines is 1. The summed E-state index contributed by atoms with van der Waals surface area (Å²) in [6, 6.07) is 8.04. The van der Waals surface area contributed by atoms with Crippen molar-refractivity contribution in [3.05, 3.63) is 29.8 Å². The molecule has 1 fully saturated rings. The zero-order valence-corrected chi connectivity index (χ0v) is 16.3. The van der Waals surface area contributed by atoms with Gasteiger partial charge >= 0.3 is 0 Å². The number of nitrogens with zero attached hydrogens (tertiary/aromatic N) is 1. The Bertz CT molecular complexity index is 617. The Morgan fingerprint density at radius 2 is 2.00 bits per heavy atom. The molecule has 1 atom stereocenters. The van der Waals surface area contributed by atoms with Crippen LogP contribution in [0.3, 0.4) is 0 Å². The van der Waals surface area contributed by atoms with Gasteiger partial charge in [0.2, 0.25) is 11.8 Å². The topological polar surface area (TPSA) is 61.4 Å². The Morgan fingerprint density at radius 3 is 2.77 bits per heavy atom. The second kappa shape index (κ2) is 9.93. The molecule has 2 heterocycles. The summed E-state index contributed by atoms with van der Waals surface area (Å²) in [6.45, 7) is 5.06. The number of para-hydroxylation sites is 1. The number of piperidine rings is 1. The normalized spacial score (nSPS) is 18.4. The van der Waals surface area contributed by atoms with Crippen LogP contribution in [0.4, 0.5) is 5.69 Å². The first-order valence-corrected chi connectivity index (χ1v) is 9.51. The Balaban J connectivity index is 0.00000243. The monoisotopic (exact) mass is 379 g/mol. The lowest BCUT2D eigenvalue weighted by atomic mass is 9.84. The van der Waals surface area contributed by atoms with Crippen LogP contribution in [-0.2, 0) is 16.0 Å². The number of rotatable bonds is 5. The van der Waals surface area contributed by atoms with Crippen molar-refractivity contribution in [1.82, 2.24) is 10.6 Å². The molecule has 0 spiro atoms. The lowest BCUT2D eigenvalue weighted by Crippen LogP contribution is -2.43. The van der Waals surface area contributed by atoms with Crippen LogP contribution in [0.2, 0.25) is 0 Å². The maximum absolute atomic E-state index is 12.6. The summed E-state index contributed by atoms with van der Waals surface area (Å²) >= 11 is 0. The van der Waals surface area contributed by atoms with Crippen LogP contribution >= 0.6 is 12.4 Å². The van der Waals surface area contributed by atoms with Crippen molar-refractivity contribution in [2.75, 3.05) is 31.1 Å². The number of nitrogens with one attached hydrogen (secondary N) is 2. The van der Waals surface area contributed by atoms with Crippen LogP contribution in [-0.4, -0.2) is 38.0 Å². The van der Waals surface area contributed by atoms with Crippen molar-refractivity contribution in [3.8, 4) is 0 Å². The van der Waals surface area contributed by atoms with Gasteiger partial charge in [0, 0.05) is 18.7 Å². The molecule has 6 heteroatoms. The number of carbonyl (C=O) groups is 2. The molecular weight excluding hydrogens is 350 g/mol. The zero-order chi connectivity index (χ0) is 17.6. The highest BCUT2D eigenvalue weighted by atomic mass is 35.5. The van der Waals surface area contributed by atoms with Gasteiger partial charge in [0.15, 0.2) is 0 Å². The van der Waals surface area contributed by atoms with E-state index in [1.807, 2.05) is 23.1 Å². The summed E-state index contributed by atoms with van der Waals surface area (Å²) in [5.41, 5.74) is 2.21. The molecule has 5 nitrogen and oxygen atoms in total. The van der Waals surface area contributed by atoms with Crippen molar-refractivity contribution >= 4 is 29.9 Å². The number of hydrogen-bond acceptors (Lipinski definition) is 3. The van der Waals surface area contributed by atoms with Crippen LogP contribution in [0.25, 0.3) is 0 Å². The predicted molar refractivity (Wildman–Crippen MR) is 107 cm³/mol. The Morgan fingerprint density at radius 1 is 1.27 bits per heavy atom. The van der Waals surface area contributed by atoms with E-state index in [-0.39, 0.29) is 30.8 Å². The van der Waals surface area contributed by atoms with E-state index < -0.39 is 0 Å². The van der Waals surface area contributed by atoms with Gasteiger partial charge in [-0.15, -0.1) is 12.4 Å². The Kier molecular flexibility index (Phi) is 7.91. The third kappa shape index (κ3) is 5.21. The Labute approximate surface area is 162 Å². The molecular formula is C20H30ClN3O2. The molecule has 0 bridgehead atoms. The minimum Gasteiger partial charge on any atom is -0.347 e. The summed E-state index contributed by atoms with van der Waals surface area (Å²) in [5, 5.41) is 6.19. The lowest BCUT2D eigenvalue weighted by molar-refractivity contribution is -0.125. The van der Waals surface area contributed by atoms with E-state index in [1.165, 1.54) is 5.56 Å². The van der Waals surface area contributed by atoms with Crippen LogP contribution in [0.1, 0.15) is 38.2 Å². The van der Waals surface area contributed by atoms with E-state index in [0.29, 0.717) is 18.3 Å². The number of hydrogen-bond donors (Lipinski definition) is 2. The number of benzene rings is 1. The third-order valence-corrected chi connectivity index (χ3v) is 5.54. The van der Waals surface area contributed by atoms with Crippen molar-refractivity contribution in [2.24, 2.45) is 11.8 Å². The molecule has 0 radical (unpaired) electrons. The molecule has 2 amide bonds. The molecule has 1 aromatic carbocycles. The second-order valence-corrected chi connectivity index (χ2v) is 7.32. The van der Waals surface area contributed by atoms with Crippen LogP contribution < -0.4 is 15.5 Å². The number of aryl methyl sites for hydroxylation is 1. The van der Waals surface area contributed by atoms with Gasteiger partial charge in [-0.2, -0.15) is 0 Å². The number of amides is 2. The maximum Gasteiger partial charge on any atom is 0.246 e. The highest BCUT2D eigenvalue weighted by molar-refractivity contribution is 5.97. The molecule has 2 aliphatic heterocycles. The second-order valence-electron chi connectivity index (χ2n) is 7.32. The quantitative estimate of drug-likeness (QED) is 0.826. The molecule has 1 aromatic rings. The van der Waals surface area contributed by atoms with Crippen molar-refractivity contribution in [1.29, 1.82) is 0 Å². The van der Waals surface area contributed by atoms with Crippen LogP contribution in [0.15, 0.2) is 24.3 Å². The molecule has 0 aliphatic carbocycles. The first kappa shape index (κ1) is 20.7.